The second kappa shape index (κ2) is 9.65. The molecule has 10 nitrogen and oxygen atoms in total. The van der Waals surface area contributed by atoms with Crippen LogP contribution in [-0.4, -0.2) is 40.4 Å². The van der Waals surface area contributed by atoms with Gasteiger partial charge in [-0.05, 0) is 43.2 Å². The van der Waals surface area contributed by atoms with Crippen molar-refractivity contribution in [2.75, 3.05) is 7.11 Å². The molecule has 0 bridgehead atoms. The third kappa shape index (κ3) is 5.52. The van der Waals surface area contributed by atoms with Crippen LogP contribution in [0.4, 0.5) is 13.2 Å². The van der Waals surface area contributed by atoms with Crippen LogP contribution in [0, 0.1) is 11.3 Å². The van der Waals surface area contributed by atoms with Gasteiger partial charge in [0.1, 0.15) is 34.4 Å². The van der Waals surface area contributed by atoms with Crippen LogP contribution in [0.25, 0.3) is 0 Å². The molecule has 0 radical (unpaired) electrons. The number of ether oxygens (including phenoxy) is 2. The summed E-state index contributed by atoms with van der Waals surface area (Å²) in [5.41, 5.74) is -2.62. The lowest BCUT2D eigenvalue weighted by Gasteiger charge is -2.16. The molecule has 2 amide bonds. The number of hydrogen-bond donors (Lipinski definition) is 3. The molecule has 3 N–H and O–H groups in total. The third-order valence-corrected chi connectivity index (χ3v) is 4.91. The minimum Gasteiger partial charge on any atom is -0.497 e. The van der Waals surface area contributed by atoms with Crippen molar-refractivity contribution in [1.82, 2.24) is 15.6 Å². The van der Waals surface area contributed by atoms with E-state index < -0.39 is 40.6 Å². The Morgan fingerprint density at radius 2 is 1.97 bits per heavy atom. The van der Waals surface area contributed by atoms with E-state index in [-0.39, 0.29) is 18.0 Å². The highest BCUT2D eigenvalue weighted by atomic mass is 19.4. The van der Waals surface area contributed by atoms with Crippen molar-refractivity contribution in [2.24, 2.45) is 5.16 Å². The fourth-order valence-corrected chi connectivity index (χ4v) is 2.92. The van der Waals surface area contributed by atoms with E-state index >= 15 is 0 Å². The van der Waals surface area contributed by atoms with Crippen molar-refractivity contribution in [1.29, 1.82) is 5.26 Å². The van der Waals surface area contributed by atoms with Gasteiger partial charge in [-0.2, -0.15) is 18.4 Å². The van der Waals surface area contributed by atoms with Gasteiger partial charge in [0.2, 0.25) is 11.6 Å². The normalized spacial score (nSPS) is 14.5. The molecule has 0 spiro atoms. The molecule has 1 aliphatic rings. The summed E-state index contributed by atoms with van der Waals surface area (Å²) in [6, 6.07) is 7.55. The first-order chi connectivity index (χ1) is 16.1. The predicted molar refractivity (Wildman–Crippen MR) is 109 cm³/mol. The number of amides is 2. The number of benzene rings is 1. The lowest BCUT2D eigenvalue weighted by atomic mass is 10.2. The van der Waals surface area contributed by atoms with Crippen LogP contribution < -0.4 is 20.1 Å². The molecule has 2 aromatic rings. The average Bonchev–Trinajstić information content (AvgIpc) is 3.59. The summed E-state index contributed by atoms with van der Waals surface area (Å²) >= 11 is 0. The summed E-state index contributed by atoms with van der Waals surface area (Å²) in [5.74, 6) is -1.85. The maximum absolute atomic E-state index is 13.3. The Morgan fingerprint density at radius 3 is 2.50 bits per heavy atom. The van der Waals surface area contributed by atoms with Crippen LogP contribution in [0.1, 0.15) is 24.1 Å². The van der Waals surface area contributed by atoms with Gasteiger partial charge < -0.3 is 25.3 Å². The monoisotopic (exact) mass is 477 g/mol. The maximum atomic E-state index is 13.3. The van der Waals surface area contributed by atoms with Crippen LogP contribution >= 0.6 is 0 Å². The Hall–Kier alpha value is -4.34. The molecular weight excluding hydrogens is 459 g/mol. The van der Waals surface area contributed by atoms with E-state index in [0.29, 0.717) is 18.5 Å². The van der Waals surface area contributed by atoms with Crippen molar-refractivity contribution in [3.8, 4) is 23.3 Å². The summed E-state index contributed by atoms with van der Waals surface area (Å²) in [4.78, 5) is 28.4. The number of oxime groups is 1. The number of nitrogens with zero attached hydrogens (tertiary/aromatic N) is 3. The largest absolute Gasteiger partial charge is 0.497 e. The van der Waals surface area contributed by atoms with Gasteiger partial charge in [0, 0.05) is 0 Å². The number of pyridine rings is 1. The van der Waals surface area contributed by atoms with E-state index in [2.05, 4.69) is 20.8 Å². The zero-order valence-electron chi connectivity index (χ0n) is 17.6. The van der Waals surface area contributed by atoms with E-state index in [9.17, 15) is 22.8 Å². The first-order valence-electron chi connectivity index (χ1n) is 9.73. The molecular formula is C21H18F3N5O5. The average molecular weight is 477 g/mol. The lowest BCUT2D eigenvalue weighted by Crippen LogP contribution is -2.50. The molecule has 0 aliphatic heterocycles. The van der Waals surface area contributed by atoms with Gasteiger partial charge >= 0.3 is 6.18 Å². The molecule has 178 valence electrons. The summed E-state index contributed by atoms with van der Waals surface area (Å²) < 4.78 is 50.1. The van der Waals surface area contributed by atoms with Crippen LogP contribution in [0.5, 0.6) is 17.2 Å². The lowest BCUT2D eigenvalue weighted by molar-refractivity contribution is -0.138. The number of nitrogens with one attached hydrogen (secondary N) is 2. The molecule has 1 aromatic heterocycles. The fraction of sp³-hybridized carbons (Fsp3) is 0.286. The number of aromatic nitrogens is 1. The minimum absolute atomic E-state index is 0.0287. The quantitative estimate of drug-likeness (QED) is 0.301. The maximum Gasteiger partial charge on any atom is 0.420 e. The van der Waals surface area contributed by atoms with Gasteiger partial charge in [-0.3, -0.25) is 14.6 Å². The summed E-state index contributed by atoms with van der Waals surface area (Å²) in [7, 11) is 1.25. The van der Waals surface area contributed by atoms with Gasteiger partial charge in [0.15, 0.2) is 0 Å². The second-order valence-corrected chi connectivity index (χ2v) is 7.23. The molecule has 1 fully saturated rings. The first-order valence-corrected chi connectivity index (χ1v) is 9.73. The Bertz CT molecular complexity index is 1150. The number of nitriles is 1. The van der Waals surface area contributed by atoms with Gasteiger partial charge in [0.05, 0.1) is 25.5 Å². The van der Waals surface area contributed by atoms with E-state index in [1.54, 1.807) is 0 Å². The van der Waals surface area contributed by atoms with Crippen molar-refractivity contribution < 1.29 is 37.4 Å². The predicted octanol–water partition coefficient (Wildman–Crippen LogP) is 2.52. The summed E-state index contributed by atoms with van der Waals surface area (Å²) in [6.45, 7) is -0.0354. The zero-order chi connectivity index (χ0) is 24.9. The standard InChI is InChI=1S/C21H18F3N5O5/c1-33-13-4-5-17(15(8-13)21(22,23)24)34-14-3-2-12(26-11-14)10-27-19(31)20(6-7-20)28-18(30)16(9-25)29-32/h2-5,8,11,32H,6-7,10H2,1H3,(H,27,31)(H,28,30)/b29-16+. The molecule has 1 saturated carbocycles. The molecule has 1 heterocycles. The SMILES string of the molecule is COc1ccc(Oc2ccc(CNC(=O)C3(NC(=O)/C(C#N)=N/O)CC3)nc2)c(C(F)(F)F)c1. The minimum atomic E-state index is -4.66. The van der Waals surface area contributed by atoms with Gasteiger partial charge in [0.25, 0.3) is 5.91 Å². The fourth-order valence-electron chi connectivity index (χ4n) is 2.92. The molecule has 3 rings (SSSR count). The summed E-state index contributed by atoms with van der Waals surface area (Å²) in [5, 5.41) is 24.8. The highest BCUT2D eigenvalue weighted by Crippen LogP contribution is 2.40. The molecule has 1 aliphatic carbocycles. The second-order valence-electron chi connectivity index (χ2n) is 7.23. The van der Waals surface area contributed by atoms with E-state index in [1.165, 1.54) is 37.6 Å². The Labute approximate surface area is 191 Å². The molecule has 0 atom stereocenters. The molecule has 1 aromatic carbocycles. The van der Waals surface area contributed by atoms with Crippen LogP contribution in [0.15, 0.2) is 41.7 Å². The van der Waals surface area contributed by atoms with Crippen LogP contribution in [-0.2, 0) is 22.3 Å². The molecule has 0 unspecified atom stereocenters. The first kappa shape index (κ1) is 24.3. The van der Waals surface area contributed by atoms with E-state index in [4.69, 9.17) is 19.9 Å². The van der Waals surface area contributed by atoms with Gasteiger partial charge in [-0.1, -0.05) is 5.16 Å². The third-order valence-electron chi connectivity index (χ3n) is 4.91. The number of hydrogen-bond acceptors (Lipinski definition) is 8. The number of carbonyl (C=O) groups is 2. The van der Waals surface area contributed by atoms with Gasteiger partial charge in [-0.15, -0.1) is 0 Å². The van der Waals surface area contributed by atoms with Gasteiger partial charge in [-0.25, -0.2) is 0 Å². The van der Waals surface area contributed by atoms with Crippen molar-refractivity contribution in [2.45, 2.75) is 31.1 Å². The smallest absolute Gasteiger partial charge is 0.420 e. The Balaban J connectivity index is 1.62. The van der Waals surface area contributed by atoms with Crippen molar-refractivity contribution in [3.63, 3.8) is 0 Å². The number of alkyl halides is 3. The van der Waals surface area contributed by atoms with E-state index in [0.717, 1.165) is 12.1 Å². The van der Waals surface area contributed by atoms with Crippen LogP contribution in [0.3, 0.4) is 0 Å². The topological polar surface area (TPSA) is 146 Å². The highest BCUT2D eigenvalue weighted by Gasteiger charge is 2.51. The highest BCUT2D eigenvalue weighted by molar-refractivity contribution is 6.45. The Morgan fingerprint density at radius 1 is 1.26 bits per heavy atom. The molecule has 0 saturated heterocycles. The molecule has 13 heteroatoms. The van der Waals surface area contributed by atoms with Crippen LogP contribution in [0.2, 0.25) is 0 Å². The van der Waals surface area contributed by atoms with Crippen molar-refractivity contribution >= 4 is 17.5 Å². The van der Waals surface area contributed by atoms with Crippen molar-refractivity contribution in [3.05, 3.63) is 47.8 Å². The number of carbonyl (C=O) groups excluding carboxylic acids is 2. The molecule has 34 heavy (non-hydrogen) atoms. The zero-order valence-corrected chi connectivity index (χ0v) is 17.6. The number of rotatable bonds is 8. The summed E-state index contributed by atoms with van der Waals surface area (Å²) in [6.07, 6.45) is -2.79. The Kier molecular flexibility index (Phi) is 6.90. The number of halogens is 3. The van der Waals surface area contributed by atoms with E-state index in [1.807, 2.05) is 0 Å². The number of methoxy groups -OCH3 is 1.